The van der Waals surface area contributed by atoms with Crippen LogP contribution in [0.5, 0.6) is 0 Å². The van der Waals surface area contributed by atoms with E-state index in [9.17, 15) is 4.79 Å². The van der Waals surface area contributed by atoms with Crippen LogP contribution in [0.25, 0.3) is 0 Å². The summed E-state index contributed by atoms with van der Waals surface area (Å²) in [5, 5.41) is 0. The van der Waals surface area contributed by atoms with Gasteiger partial charge in [-0.1, -0.05) is 13.0 Å². The summed E-state index contributed by atoms with van der Waals surface area (Å²) in [5.41, 5.74) is 2.25. The lowest BCUT2D eigenvalue weighted by molar-refractivity contribution is -0.119. The van der Waals surface area contributed by atoms with Crippen LogP contribution in [0.3, 0.4) is 0 Å². The standard InChI is InChI=1S/C14H21N3O.ClH/c1-4-12-7-5-11-6-8-13(18)17(14(11)15-12)10-9-16(2)3;/h5,7H,4,6,8-10H2,1-3H3;1H. The Bertz CT molecular complexity index is 448. The van der Waals surface area contributed by atoms with Gasteiger partial charge in [-0.3, -0.25) is 9.69 Å². The zero-order valence-corrected chi connectivity index (χ0v) is 12.7. The number of amides is 1. The van der Waals surface area contributed by atoms with E-state index < -0.39 is 0 Å². The van der Waals surface area contributed by atoms with E-state index in [0.29, 0.717) is 6.42 Å². The summed E-state index contributed by atoms with van der Waals surface area (Å²) < 4.78 is 0. The minimum Gasteiger partial charge on any atom is -0.308 e. The van der Waals surface area contributed by atoms with E-state index >= 15 is 0 Å². The minimum absolute atomic E-state index is 0. The maximum Gasteiger partial charge on any atom is 0.228 e. The molecule has 19 heavy (non-hydrogen) atoms. The second-order valence-electron chi connectivity index (χ2n) is 4.99. The Morgan fingerprint density at radius 2 is 2.05 bits per heavy atom. The molecule has 0 aromatic carbocycles. The number of aromatic nitrogens is 1. The van der Waals surface area contributed by atoms with E-state index in [1.54, 1.807) is 0 Å². The molecule has 2 rings (SSSR count). The van der Waals surface area contributed by atoms with Crippen molar-refractivity contribution in [2.45, 2.75) is 26.2 Å². The molecule has 0 spiro atoms. The molecule has 5 heteroatoms. The first-order valence-electron chi connectivity index (χ1n) is 6.55. The smallest absolute Gasteiger partial charge is 0.228 e. The fraction of sp³-hybridized carbons (Fsp3) is 0.571. The van der Waals surface area contributed by atoms with Gasteiger partial charge in [0.05, 0.1) is 0 Å². The second-order valence-corrected chi connectivity index (χ2v) is 4.99. The van der Waals surface area contributed by atoms with Gasteiger partial charge in [-0.25, -0.2) is 4.98 Å². The van der Waals surface area contributed by atoms with Crippen LogP contribution in [0.15, 0.2) is 12.1 Å². The number of rotatable bonds is 4. The summed E-state index contributed by atoms with van der Waals surface area (Å²) in [5.74, 6) is 1.08. The number of carbonyl (C=O) groups is 1. The summed E-state index contributed by atoms with van der Waals surface area (Å²) >= 11 is 0. The van der Waals surface area contributed by atoms with E-state index in [2.05, 4.69) is 28.9 Å². The molecule has 1 aliphatic rings. The van der Waals surface area contributed by atoms with Crippen LogP contribution in [-0.2, 0) is 17.6 Å². The average Bonchev–Trinajstić information content (AvgIpc) is 2.36. The molecule has 4 nitrogen and oxygen atoms in total. The van der Waals surface area contributed by atoms with E-state index in [4.69, 9.17) is 0 Å². The van der Waals surface area contributed by atoms with Gasteiger partial charge < -0.3 is 4.90 Å². The lowest BCUT2D eigenvalue weighted by Crippen LogP contribution is -2.40. The van der Waals surface area contributed by atoms with Crippen molar-refractivity contribution in [3.05, 3.63) is 23.4 Å². The molecule has 1 amide bonds. The van der Waals surface area contributed by atoms with Gasteiger partial charge in [0.2, 0.25) is 5.91 Å². The number of likely N-dealkylation sites (N-methyl/N-ethyl adjacent to an activating group) is 1. The SMILES string of the molecule is CCc1ccc2c(n1)N(CCN(C)C)C(=O)CC2.Cl. The first-order valence-corrected chi connectivity index (χ1v) is 6.55. The molecule has 0 bridgehead atoms. The van der Waals surface area contributed by atoms with Gasteiger partial charge in [0, 0.05) is 25.2 Å². The molecule has 1 aromatic heterocycles. The molecule has 1 aliphatic heterocycles. The van der Waals surface area contributed by atoms with E-state index in [0.717, 1.165) is 37.4 Å². The summed E-state index contributed by atoms with van der Waals surface area (Å²) in [7, 11) is 4.04. The number of pyridine rings is 1. The Morgan fingerprint density at radius 1 is 1.32 bits per heavy atom. The number of halogens is 1. The van der Waals surface area contributed by atoms with Crippen molar-refractivity contribution in [3.8, 4) is 0 Å². The summed E-state index contributed by atoms with van der Waals surface area (Å²) in [4.78, 5) is 20.6. The van der Waals surface area contributed by atoms with Crippen LogP contribution < -0.4 is 4.90 Å². The molecule has 2 heterocycles. The number of fused-ring (bicyclic) bond motifs is 1. The Hall–Kier alpha value is -1.13. The van der Waals surface area contributed by atoms with E-state index in [1.165, 1.54) is 5.56 Å². The zero-order valence-electron chi connectivity index (χ0n) is 11.8. The highest BCUT2D eigenvalue weighted by molar-refractivity contribution is 5.95. The lowest BCUT2D eigenvalue weighted by Gasteiger charge is -2.29. The maximum absolute atomic E-state index is 12.0. The van der Waals surface area contributed by atoms with E-state index in [-0.39, 0.29) is 18.3 Å². The van der Waals surface area contributed by atoms with Crippen molar-refractivity contribution in [1.82, 2.24) is 9.88 Å². The first kappa shape index (κ1) is 15.9. The van der Waals surface area contributed by atoms with Gasteiger partial charge >= 0.3 is 0 Å². The minimum atomic E-state index is 0. The quantitative estimate of drug-likeness (QED) is 0.847. The second kappa shape index (κ2) is 6.87. The summed E-state index contributed by atoms with van der Waals surface area (Å²) in [6.07, 6.45) is 2.33. The fourth-order valence-electron chi connectivity index (χ4n) is 2.17. The van der Waals surface area contributed by atoms with Crippen LogP contribution in [-0.4, -0.2) is 43.0 Å². The predicted octanol–water partition coefficient (Wildman–Crippen LogP) is 1.91. The van der Waals surface area contributed by atoms with Gasteiger partial charge in [0.25, 0.3) is 0 Å². The van der Waals surface area contributed by atoms with Gasteiger partial charge in [0.1, 0.15) is 5.82 Å². The zero-order chi connectivity index (χ0) is 13.1. The average molecular weight is 284 g/mol. The Kier molecular flexibility index (Phi) is 5.76. The third kappa shape index (κ3) is 3.67. The highest BCUT2D eigenvalue weighted by Crippen LogP contribution is 2.26. The van der Waals surface area contributed by atoms with Crippen LogP contribution >= 0.6 is 12.4 Å². The van der Waals surface area contributed by atoms with Crippen molar-refractivity contribution in [2.75, 3.05) is 32.1 Å². The van der Waals surface area contributed by atoms with Crippen molar-refractivity contribution < 1.29 is 4.79 Å². The Labute approximate surface area is 121 Å². The molecule has 0 fully saturated rings. The highest BCUT2D eigenvalue weighted by atomic mass is 35.5. The normalized spacial score (nSPS) is 14.3. The topological polar surface area (TPSA) is 36.4 Å². The van der Waals surface area contributed by atoms with Gasteiger partial charge in [-0.15, -0.1) is 12.4 Å². The third-order valence-electron chi connectivity index (χ3n) is 3.31. The molecule has 0 saturated heterocycles. The number of aryl methyl sites for hydroxylation is 2. The van der Waals surface area contributed by atoms with Gasteiger partial charge in [-0.05, 0) is 38.6 Å². The van der Waals surface area contributed by atoms with Gasteiger partial charge in [-0.2, -0.15) is 0 Å². The molecule has 0 atom stereocenters. The summed E-state index contributed by atoms with van der Waals surface area (Å²) in [6, 6.07) is 4.19. The highest BCUT2D eigenvalue weighted by Gasteiger charge is 2.25. The number of hydrogen-bond donors (Lipinski definition) is 0. The fourth-order valence-corrected chi connectivity index (χ4v) is 2.17. The van der Waals surface area contributed by atoms with Crippen molar-refractivity contribution >= 4 is 24.1 Å². The summed E-state index contributed by atoms with van der Waals surface area (Å²) in [6.45, 7) is 3.67. The first-order chi connectivity index (χ1) is 8.61. The van der Waals surface area contributed by atoms with Crippen molar-refractivity contribution in [2.24, 2.45) is 0 Å². The number of hydrogen-bond acceptors (Lipinski definition) is 3. The number of anilines is 1. The largest absolute Gasteiger partial charge is 0.308 e. The Balaban J connectivity index is 0.00000180. The van der Waals surface area contributed by atoms with Crippen molar-refractivity contribution in [1.29, 1.82) is 0 Å². The monoisotopic (exact) mass is 283 g/mol. The molecule has 0 radical (unpaired) electrons. The van der Waals surface area contributed by atoms with Crippen LogP contribution in [0.2, 0.25) is 0 Å². The molecule has 106 valence electrons. The molecule has 1 aromatic rings. The molecule has 0 aliphatic carbocycles. The van der Waals surface area contributed by atoms with E-state index in [1.807, 2.05) is 19.0 Å². The number of carbonyl (C=O) groups excluding carboxylic acids is 1. The third-order valence-corrected chi connectivity index (χ3v) is 3.31. The van der Waals surface area contributed by atoms with Crippen LogP contribution in [0.1, 0.15) is 24.6 Å². The molecular formula is C14H22ClN3O. The Morgan fingerprint density at radius 3 is 2.68 bits per heavy atom. The van der Waals surface area contributed by atoms with Crippen LogP contribution in [0.4, 0.5) is 5.82 Å². The van der Waals surface area contributed by atoms with Crippen molar-refractivity contribution in [3.63, 3.8) is 0 Å². The molecular weight excluding hydrogens is 262 g/mol. The molecule has 0 saturated carbocycles. The molecule has 0 N–H and O–H groups in total. The number of nitrogens with zero attached hydrogens (tertiary/aromatic N) is 3. The molecule has 0 unspecified atom stereocenters. The predicted molar refractivity (Wildman–Crippen MR) is 80.1 cm³/mol. The van der Waals surface area contributed by atoms with Gasteiger partial charge in [0.15, 0.2) is 0 Å². The van der Waals surface area contributed by atoms with Crippen LogP contribution in [0, 0.1) is 0 Å². The lowest BCUT2D eigenvalue weighted by atomic mass is 10.0. The maximum atomic E-state index is 12.0.